The number of aromatic carboxylic acids is 1. The maximum Gasteiger partial charge on any atom is 0.338 e. The number of thioether (sulfide) groups is 1. The molecule has 1 aromatic carbocycles. The number of carboxylic acid groups (broad SMARTS) is 1. The van der Waals surface area contributed by atoms with Crippen LogP contribution < -0.4 is 4.90 Å². The monoisotopic (exact) mass is 321 g/mol. The van der Waals surface area contributed by atoms with Gasteiger partial charge in [0, 0.05) is 16.8 Å². The van der Waals surface area contributed by atoms with Gasteiger partial charge in [0.1, 0.15) is 0 Å². The molecule has 0 fully saturated rings. The largest absolute Gasteiger partial charge is 0.478 e. The van der Waals surface area contributed by atoms with Crippen molar-refractivity contribution in [2.45, 2.75) is 24.8 Å². The van der Waals surface area contributed by atoms with E-state index in [9.17, 15) is 9.90 Å². The van der Waals surface area contributed by atoms with Gasteiger partial charge in [-0.1, -0.05) is 19.1 Å². The van der Waals surface area contributed by atoms with Crippen molar-refractivity contribution in [2.75, 3.05) is 17.7 Å². The van der Waals surface area contributed by atoms with Gasteiger partial charge in [-0.05, 0) is 36.3 Å². The zero-order valence-electron chi connectivity index (χ0n) is 12.4. The van der Waals surface area contributed by atoms with E-state index in [0.29, 0.717) is 5.56 Å². The van der Waals surface area contributed by atoms with Gasteiger partial charge in [0.15, 0.2) is 0 Å². The highest BCUT2D eigenvalue weighted by atomic mass is 32.2. The van der Waals surface area contributed by atoms with Gasteiger partial charge in [-0.15, -0.1) is 23.1 Å². The molecule has 0 aliphatic carbocycles. The number of nitrogens with zero attached hydrogens (tertiary/aromatic N) is 1. The number of hydrogen-bond donors (Lipinski definition) is 1. The minimum atomic E-state index is -0.869. The molecule has 2 rings (SSSR count). The lowest BCUT2D eigenvalue weighted by Crippen LogP contribution is -2.23. The lowest BCUT2D eigenvalue weighted by Gasteiger charge is -2.28. The smallest absolute Gasteiger partial charge is 0.338 e. The van der Waals surface area contributed by atoms with Gasteiger partial charge in [-0.2, -0.15) is 0 Å². The van der Waals surface area contributed by atoms with E-state index in [1.807, 2.05) is 48.5 Å². The summed E-state index contributed by atoms with van der Waals surface area (Å²) in [5.41, 5.74) is 1.16. The summed E-state index contributed by atoms with van der Waals surface area (Å²) < 4.78 is 0. The van der Waals surface area contributed by atoms with Crippen molar-refractivity contribution < 1.29 is 9.90 Å². The Morgan fingerprint density at radius 2 is 2.14 bits per heavy atom. The number of hydrogen-bond acceptors (Lipinski definition) is 4. The number of carboxylic acids is 1. The van der Waals surface area contributed by atoms with Crippen LogP contribution in [0.2, 0.25) is 0 Å². The van der Waals surface area contributed by atoms with E-state index in [2.05, 4.69) is 13.0 Å². The third-order valence-electron chi connectivity index (χ3n) is 3.43. The average molecular weight is 321 g/mol. The molecule has 112 valence electrons. The highest BCUT2D eigenvalue weighted by Crippen LogP contribution is 2.35. The van der Waals surface area contributed by atoms with Gasteiger partial charge < -0.3 is 10.0 Å². The SMILES string of the molecule is CCSc1cccc(N(C)C(C)c2cccs2)c1C(=O)O. The van der Waals surface area contributed by atoms with Crippen molar-refractivity contribution in [2.24, 2.45) is 0 Å². The number of benzene rings is 1. The summed E-state index contributed by atoms with van der Waals surface area (Å²) in [4.78, 5) is 15.8. The van der Waals surface area contributed by atoms with E-state index in [1.165, 1.54) is 4.88 Å². The summed E-state index contributed by atoms with van der Waals surface area (Å²) in [5.74, 6) is -0.0136. The van der Waals surface area contributed by atoms with Crippen molar-refractivity contribution >= 4 is 34.8 Å². The van der Waals surface area contributed by atoms with E-state index in [1.54, 1.807) is 23.1 Å². The lowest BCUT2D eigenvalue weighted by atomic mass is 10.1. The number of thiophene rings is 1. The van der Waals surface area contributed by atoms with Crippen molar-refractivity contribution in [3.05, 3.63) is 46.2 Å². The Balaban J connectivity index is 2.42. The van der Waals surface area contributed by atoms with E-state index in [-0.39, 0.29) is 6.04 Å². The summed E-state index contributed by atoms with van der Waals surface area (Å²) in [7, 11) is 1.95. The molecule has 0 aliphatic heterocycles. The normalized spacial score (nSPS) is 12.1. The van der Waals surface area contributed by atoms with Crippen LogP contribution in [0.5, 0.6) is 0 Å². The quantitative estimate of drug-likeness (QED) is 0.779. The Morgan fingerprint density at radius 1 is 1.38 bits per heavy atom. The molecule has 3 nitrogen and oxygen atoms in total. The van der Waals surface area contributed by atoms with Crippen LogP contribution in [-0.4, -0.2) is 23.9 Å². The molecule has 1 N–H and O–H groups in total. The predicted octanol–water partition coefficient (Wildman–Crippen LogP) is 4.76. The Bertz CT molecular complexity index is 611. The Morgan fingerprint density at radius 3 is 2.71 bits per heavy atom. The maximum atomic E-state index is 11.7. The fourth-order valence-corrected chi connectivity index (χ4v) is 3.88. The van der Waals surface area contributed by atoms with Gasteiger partial charge in [-0.3, -0.25) is 0 Å². The Labute approximate surface area is 133 Å². The molecule has 0 spiro atoms. The minimum absolute atomic E-state index is 0.143. The lowest BCUT2D eigenvalue weighted by molar-refractivity contribution is 0.0694. The van der Waals surface area contributed by atoms with Crippen LogP contribution >= 0.6 is 23.1 Å². The molecule has 1 aromatic heterocycles. The first-order valence-corrected chi connectivity index (χ1v) is 8.68. The fourth-order valence-electron chi connectivity index (χ4n) is 2.23. The van der Waals surface area contributed by atoms with Crippen molar-refractivity contribution in [3.63, 3.8) is 0 Å². The van der Waals surface area contributed by atoms with Gasteiger partial charge in [-0.25, -0.2) is 4.79 Å². The number of rotatable bonds is 6. The zero-order valence-corrected chi connectivity index (χ0v) is 14.0. The van der Waals surface area contributed by atoms with E-state index in [4.69, 9.17) is 0 Å². The van der Waals surface area contributed by atoms with Gasteiger partial charge in [0.05, 0.1) is 17.3 Å². The standard InChI is InChI=1S/C16H19NO2S2/c1-4-20-14-8-5-7-12(15(14)16(18)19)17(3)11(2)13-9-6-10-21-13/h5-11H,4H2,1-3H3,(H,18,19). The van der Waals surface area contributed by atoms with Crippen molar-refractivity contribution in [1.29, 1.82) is 0 Å². The highest BCUT2D eigenvalue weighted by molar-refractivity contribution is 7.99. The van der Waals surface area contributed by atoms with Crippen molar-refractivity contribution in [3.8, 4) is 0 Å². The van der Waals surface area contributed by atoms with Crippen LogP contribution in [0, 0.1) is 0 Å². The first-order chi connectivity index (χ1) is 10.1. The molecular weight excluding hydrogens is 302 g/mol. The molecule has 1 unspecified atom stereocenters. The summed E-state index contributed by atoms with van der Waals surface area (Å²) in [6.45, 7) is 4.12. The van der Waals surface area contributed by atoms with Crippen LogP contribution in [0.25, 0.3) is 0 Å². The Kier molecular flexibility index (Phi) is 5.31. The Hall–Kier alpha value is -1.46. The van der Waals surface area contributed by atoms with Crippen LogP contribution in [0.15, 0.2) is 40.6 Å². The first-order valence-electron chi connectivity index (χ1n) is 6.81. The molecule has 0 amide bonds. The van der Waals surface area contributed by atoms with Gasteiger partial charge in [0.25, 0.3) is 0 Å². The molecule has 2 aromatic rings. The van der Waals surface area contributed by atoms with Gasteiger partial charge in [0.2, 0.25) is 0 Å². The molecule has 0 saturated carbocycles. The summed E-state index contributed by atoms with van der Waals surface area (Å²) in [5, 5.41) is 11.6. The van der Waals surface area contributed by atoms with Crippen LogP contribution in [0.4, 0.5) is 5.69 Å². The second-order valence-corrected chi connectivity index (χ2v) is 6.98. The summed E-state index contributed by atoms with van der Waals surface area (Å²) in [6.07, 6.45) is 0. The maximum absolute atomic E-state index is 11.7. The molecule has 0 saturated heterocycles. The van der Waals surface area contributed by atoms with E-state index >= 15 is 0 Å². The second kappa shape index (κ2) is 7.00. The van der Waals surface area contributed by atoms with Crippen LogP contribution in [0.3, 0.4) is 0 Å². The molecule has 1 atom stereocenters. The summed E-state index contributed by atoms with van der Waals surface area (Å²) >= 11 is 3.25. The first kappa shape index (κ1) is 15.9. The second-order valence-electron chi connectivity index (χ2n) is 4.69. The molecule has 0 aliphatic rings. The summed E-state index contributed by atoms with van der Waals surface area (Å²) in [6, 6.07) is 9.93. The number of carbonyl (C=O) groups is 1. The molecule has 1 heterocycles. The van der Waals surface area contributed by atoms with Crippen LogP contribution in [0.1, 0.15) is 35.1 Å². The molecular formula is C16H19NO2S2. The predicted molar refractivity (Wildman–Crippen MR) is 90.9 cm³/mol. The number of anilines is 1. The highest BCUT2D eigenvalue weighted by Gasteiger charge is 2.21. The topological polar surface area (TPSA) is 40.5 Å². The van der Waals surface area contributed by atoms with Crippen molar-refractivity contribution in [1.82, 2.24) is 0 Å². The molecule has 21 heavy (non-hydrogen) atoms. The van der Waals surface area contributed by atoms with Crippen LogP contribution in [-0.2, 0) is 0 Å². The molecule has 0 bridgehead atoms. The average Bonchev–Trinajstić information content (AvgIpc) is 2.99. The van der Waals surface area contributed by atoms with Gasteiger partial charge >= 0.3 is 5.97 Å². The molecule has 5 heteroatoms. The van der Waals surface area contributed by atoms with E-state index < -0.39 is 5.97 Å². The molecule has 0 radical (unpaired) electrons. The zero-order chi connectivity index (χ0) is 15.4. The third kappa shape index (κ3) is 3.41. The fraction of sp³-hybridized carbons (Fsp3) is 0.312. The third-order valence-corrected chi connectivity index (χ3v) is 5.42. The minimum Gasteiger partial charge on any atom is -0.478 e. The van der Waals surface area contributed by atoms with E-state index in [0.717, 1.165) is 16.3 Å².